The lowest BCUT2D eigenvalue weighted by Crippen LogP contribution is -2.29. The van der Waals surface area contributed by atoms with E-state index in [1.165, 1.54) is 4.88 Å². The minimum absolute atomic E-state index is 0. The Bertz CT molecular complexity index is 657. The molecule has 0 saturated carbocycles. The van der Waals surface area contributed by atoms with Crippen molar-refractivity contribution in [2.24, 2.45) is 0 Å². The van der Waals surface area contributed by atoms with Crippen molar-refractivity contribution in [1.29, 1.82) is 0 Å². The van der Waals surface area contributed by atoms with E-state index in [0.29, 0.717) is 15.7 Å². The third kappa shape index (κ3) is 3.79. The summed E-state index contributed by atoms with van der Waals surface area (Å²) in [5.74, 6) is -0.148. The Labute approximate surface area is 144 Å². The third-order valence-electron chi connectivity index (χ3n) is 3.58. The van der Waals surface area contributed by atoms with Gasteiger partial charge in [-0.1, -0.05) is 18.5 Å². The SMILES string of the molecule is CCN1CCc2nc(NC(=O)c3ccc(Cl)cc3)sc2C1.Cl. The number of rotatable bonds is 3. The Kier molecular flexibility index (Phi) is 5.81. The summed E-state index contributed by atoms with van der Waals surface area (Å²) in [5.41, 5.74) is 1.71. The number of thiazole rings is 1. The molecule has 2 aromatic rings. The van der Waals surface area contributed by atoms with Crippen LogP contribution >= 0.6 is 35.3 Å². The molecule has 0 unspecified atom stereocenters. The van der Waals surface area contributed by atoms with Gasteiger partial charge in [-0.3, -0.25) is 15.0 Å². The summed E-state index contributed by atoms with van der Waals surface area (Å²) in [7, 11) is 0. The summed E-state index contributed by atoms with van der Waals surface area (Å²) in [6.07, 6.45) is 0.955. The standard InChI is InChI=1S/C15H16ClN3OS.ClH/c1-2-19-8-7-12-13(9-19)21-15(17-12)18-14(20)10-3-5-11(16)6-4-10;/h3-6H,2,7-9H2,1H3,(H,17,18,20);1H. The van der Waals surface area contributed by atoms with E-state index in [1.807, 2.05) is 0 Å². The second-order valence-electron chi connectivity index (χ2n) is 4.97. The number of halogens is 2. The molecule has 1 N–H and O–H groups in total. The molecule has 1 aromatic heterocycles. The van der Waals surface area contributed by atoms with Gasteiger partial charge in [-0.15, -0.1) is 23.7 Å². The van der Waals surface area contributed by atoms with E-state index >= 15 is 0 Å². The smallest absolute Gasteiger partial charge is 0.257 e. The number of benzene rings is 1. The number of fused-ring (bicyclic) bond motifs is 1. The lowest BCUT2D eigenvalue weighted by atomic mass is 10.2. The molecule has 0 aliphatic carbocycles. The zero-order valence-corrected chi connectivity index (χ0v) is 14.5. The summed E-state index contributed by atoms with van der Waals surface area (Å²) in [5, 5.41) is 4.17. The maximum atomic E-state index is 12.2. The van der Waals surface area contributed by atoms with Crippen LogP contribution in [0.4, 0.5) is 5.13 Å². The lowest BCUT2D eigenvalue weighted by molar-refractivity contribution is 0.102. The molecule has 118 valence electrons. The molecule has 4 nitrogen and oxygen atoms in total. The van der Waals surface area contributed by atoms with Crippen molar-refractivity contribution >= 4 is 46.4 Å². The summed E-state index contributed by atoms with van der Waals surface area (Å²) in [6.45, 7) is 5.18. The van der Waals surface area contributed by atoms with Gasteiger partial charge in [-0.25, -0.2) is 4.98 Å². The number of anilines is 1. The molecule has 0 atom stereocenters. The number of carbonyl (C=O) groups excluding carboxylic acids is 1. The predicted molar refractivity (Wildman–Crippen MR) is 93.4 cm³/mol. The van der Waals surface area contributed by atoms with Gasteiger partial charge in [-0.05, 0) is 30.8 Å². The molecule has 0 saturated heterocycles. The van der Waals surface area contributed by atoms with E-state index < -0.39 is 0 Å². The Morgan fingerprint density at radius 2 is 2.14 bits per heavy atom. The Morgan fingerprint density at radius 1 is 1.41 bits per heavy atom. The van der Waals surface area contributed by atoms with Crippen LogP contribution in [0, 0.1) is 0 Å². The van der Waals surface area contributed by atoms with Crippen LogP contribution in [0.25, 0.3) is 0 Å². The van der Waals surface area contributed by atoms with Crippen LogP contribution in [-0.4, -0.2) is 28.9 Å². The van der Waals surface area contributed by atoms with Crippen molar-refractivity contribution in [1.82, 2.24) is 9.88 Å². The van der Waals surface area contributed by atoms with Gasteiger partial charge in [0.2, 0.25) is 0 Å². The largest absolute Gasteiger partial charge is 0.298 e. The monoisotopic (exact) mass is 357 g/mol. The maximum Gasteiger partial charge on any atom is 0.257 e. The van der Waals surface area contributed by atoms with Crippen LogP contribution in [-0.2, 0) is 13.0 Å². The van der Waals surface area contributed by atoms with Gasteiger partial charge < -0.3 is 0 Å². The van der Waals surface area contributed by atoms with Crippen LogP contribution < -0.4 is 5.32 Å². The first-order valence-electron chi connectivity index (χ1n) is 6.93. The van der Waals surface area contributed by atoms with Crippen LogP contribution in [0.1, 0.15) is 27.9 Å². The van der Waals surface area contributed by atoms with Crippen molar-refractivity contribution in [3.8, 4) is 0 Å². The van der Waals surface area contributed by atoms with E-state index in [-0.39, 0.29) is 18.3 Å². The molecule has 0 spiro atoms. The van der Waals surface area contributed by atoms with E-state index in [9.17, 15) is 4.79 Å². The van der Waals surface area contributed by atoms with E-state index in [0.717, 1.165) is 31.7 Å². The number of amides is 1. The number of nitrogens with zero attached hydrogens (tertiary/aromatic N) is 2. The Hall–Kier alpha value is -1.14. The maximum absolute atomic E-state index is 12.2. The molecule has 3 rings (SSSR count). The first-order valence-corrected chi connectivity index (χ1v) is 8.13. The third-order valence-corrected chi connectivity index (χ3v) is 4.83. The summed E-state index contributed by atoms with van der Waals surface area (Å²) in [4.78, 5) is 20.3. The molecule has 1 aromatic carbocycles. The first kappa shape index (κ1) is 17.2. The number of carbonyl (C=O) groups is 1. The molecule has 0 fully saturated rings. The fraction of sp³-hybridized carbons (Fsp3) is 0.333. The van der Waals surface area contributed by atoms with Gasteiger partial charge in [0.15, 0.2) is 5.13 Å². The fourth-order valence-electron chi connectivity index (χ4n) is 2.34. The summed E-state index contributed by atoms with van der Waals surface area (Å²) >= 11 is 7.40. The minimum Gasteiger partial charge on any atom is -0.298 e. The first-order chi connectivity index (χ1) is 10.2. The van der Waals surface area contributed by atoms with Gasteiger partial charge in [0, 0.05) is 35.0 Å². The lowest BCUT2D eigenvalue weighted by Gasteiger charge is -2.23. The van der Waals surface area contributed by atoms with E-state index in [1.54, 1.807) is 35.6 Å². The molecule has 22 heavy (non-hydrogen) atoms. The molecule has 0 radical (unpaired) electrons. The molecule has 1 aliphatic rings. The highest BCUT2D eigenvalue weighted by molar-refractivity contribution is 7.15. The molecule has 0 bridgehead atoms. The number of likely N-dealkylation sites (N-methyl/N-ethyl adjacent to an activating group) is 1. The van der Waals surface area contributed by atoms with Crippen LogP contribution in [0.15, 0.2) is 24.3 Å². The van der Waals surface area contributed by atoms with Gasteiger partial charge in [0.25, 0.3) is 5.91 Å². The molecule has 1 amide bonds. The number of hydrogen-bond acceptors (Lipinski definition) is 4. The highest BCUT2D eigenvalue weighted by atomic mass is 35.5. The molecule has 7 heteroatoms. The topological polar surface area (TPSA) is 45.2 Å². The van der Waals surface area contributed by atoms with E-state index in [2.05, 4.69) is 22.1 Å². The van der Waals surface area contributed by atoms with Gasteiger partial charge in [0.05, 0.1) is 5.69 Å². The second kappa shape index (κ2) is 7.42. The molecular weight excluding hydrogens is 341 g/mol. The minimum atomic E-state index is -0.148. The number of aromatic nitrogens is 1. The van der Waals surface area contributed by atoms with Gasteiger partial charge in [-0.2, -0.15) is 0 Å². The van der Waals surface area contributed by atoms with Crippen LogP contribution in [0.3, 0.4) is 0 Å². The molecular formula is C15H17Cl2N3OS. The zero-order valence-electron chi connectivity index (χ0n) is 12.1. The van der Waals surface area contributed by atoms with E-state index in [4.69, 9.17) is 11.6 Å². The molecule has 1 aliphatic heterocycles. The fourth-order valence-corrected chi connectivity index (χ4v) is 3.51. The van der Waals surface area contributed by atoms with Crippen LogP contribution in [0.2, 0.25) is 5.02 Å². The number of hydrogen-bond donors (Lipinski definition) is 1. The highest BCUT2D eigenvalue weighted by Crippen LogP contribution is 2.28. The van der Waals surface area contributed by atoms with Crippen molar-refractivity contribution < 1.29 is 4.79 Å². The van der Waals surface area contributed by atoms with Crippen molar-refractivity contribution in [2.75, 3.05) is 18.4 Å². The normalized spacial score (nSPS) is 14.1. The van der Waals surface area contributed by atoms with Crippen molar-refractivity contribution in [3.63, 3.8) is 0 Å². The molecule has 2 heterocycles. The Morgan fingerprint density at radius 3 is 2.82 bits per heavy atom. The second-order valence-corrected chi connectivity index (χ2v) is 6.49. The Balaban J connectivity index is 0.00000176. The zero-order chi connectivity index (χ0) is 14.8. The van der Waals surface area contributed by atoms with Crippen LogP contribution in [0.5, 0.6) is 0 Å². The predicted octanol–water partition coefficient (Wildman–Crippen LogP) is 3.85. The average Bonchev–Trinajstić information content (AvgIpc) is 2.88. The quantitative estimate of drug-likeness (QED) is 0.907. The van der Waals surface area contributed by atoms with Gasteiger partial charge >= 0.3 is 0 Å². The van der Waals surface area contributed by atoms with Gasteiger partial charge in [0.1, 0.15) is 0 Å². The average molecular weight is 358 g/mol. The highest BCUT2D eigenvalue weighted by Gasteiger charge is 2.20. The van der Waals surface area contributed by atoms with Crippen molar-refractivity contribution in [2.45, 2.75) is 19.9 Å². The summed E-state index contributed by atoms with van der Waals surface area (Å²) in [6, 6.07) is 6.85. The number of nitrogens with one attached hydrogen (secondary N) is 1. The van der Waals surface area contributed by atoms with Crippen molar-refractivity contribution in [3.05, 3.63) is 45.4 Å². The summed E-state index contributed by atoms with van der Waals surface area (Å²) < 4.78 is 0.